The van der Waals surface area contributed by atoms with E-state index >= 15 is 0 Å². The maximum atomic E-state index is 11.9. The maximum Gasteiger partial charge on any atom is 0.236 e. The second kappa shape index (κ2) is 6.76. The highest BCUT2D eigenvalue weighted by molar-refractivity contribution is 7.99. The Hall–Kier alpha value is -2.81. The first kappa shape index (κ1) is 14.1. The Balaban J connectivity index is 1.63. The molecule has 0 aliphatic rings. The van der Waals surface area contributed by atoms with E-state index in [0.717, 1.165) is 5.69 Å². The number of hydrogen-bond acceptors (Lipinski definition) is 7. The van der Waals surface area contributed by atoms with E-state index in [9.17, 15) is 4.79 Å². The van der Waals surface area contributed by atoms with Gasteiger partial charge in [-0.25, -0.2) is 4.98 Å². The molecule has 110 valence electrons. The van der Waals surface area contributed by atoms with Crippen LogP contribution in [0.1, 0.15) is 0 Å². The van der Waals surface area contributed by atoms with Crippen LogP contribution in [0.2, 0.25) is 0 Å². The number of carbonyl (C=O) groups is 1. The summed E-state index contributed by atoms with van der Waals surface area (Å²) in [4.78, 5) is 19.7. The van der Waals surface area contributed by atoms with Gasteiger partial charge in [-0.2, -0.15) is 4.68 Å². The minimum Gasteiger partial charge on any atom is -0.309 e. The van der Waals surface area contributed by atoms with Crippen LogP contribution in [0.4, 0.5) is 5.82 Å². The molecule has 8 nitrogen and oxygen atoms in total. The Morgan fingerprint density at radius 3 is 2.86 bits per heavy atom. The molecule has 9 heteroatoms. The smallest absolute Gasteiger partial charge is 0.236 e. The Kier molecular flexibility index (Phi) is 4.35. The monoisotopic (exact) mass is 313 g/mol. The van der Waals surface area contributed by atoms with Crippen molar-refractivity contribution in [3.63, 3.8) is 0 Å². The fourth-order valence-electron chi connectivity index (χ4n) is 1.67. The summed E-state index contributed by atoms with van der Waals surface area (Å²) < 4.78 is 1.58. The molecule has 0 saturated carbocycles. The lowest BCUT2D eigenvalue weighted by molar-refractivity contribution is -0.113. The standard InChI is InChI=1S/C13H11N7OS/c21-12(16-11-8-14-6-7-15-11)9-22-13-17-18-19-20(13)10-4-2-1-3-5-10/h1-8H,9H2,(H,15,16,21). The number of carbonyl (C=O) groups excluding carboxylic acids is 1. The molecule has 0 bridgehead atoms. The minimum absolute atomic E-state index is 0.170. The third-order valence-corrected chi connectivity index (χ3v) is 3.52. The van der Waals surface area contributed by atoms with Gasteiger partial charge < -0.3 is 5.32 Å². The van der Waals surface area contributed by atoms with Gasteiger partial charge in [-0.05, 0) is 22.6 Å². The van der Waals surface area contributed by atoms with Crippen molar-refractivity contribution in [1.29, 1.82) is 0 Å². The molecule has 3 aromatic rings. The van der Waals surface area contributed by atoms with Crippen LogP contribution in [0, 0.1) is 0 Å². The number of hydrogen-bond donors (Lipinski definition) is 1. The van der Waals surface area contributed by atoms with Crippen molar-refractivity contribution in [3.8, 4) is 5.69 Å². The average molecular weight is 313 g/mol. The number of aromatic nitrogens is 6. The first-order valence-corrected chi connectivity index (χ1v) is 7.34. The van der Waals surface area contributed by atoms with Crippen molar-refractivity contribution < 1.29 is 4.79 Å². The van der Waals surface area contributed by atoms with Crippen LogP contribution in [0.3, 0.4) is 0 Å². The summed E-state index contributed by atoms with van der Waals surface area (Å²) in [6, 6.07) is 9.48. The summed E-state index contributed by atoms with van der Waals surface area (Å²) >= 11 is 1.24. The fourth-order valence-corrected chi connectivity index (χ4v) is 2.36. The normalized spacial score (nSPS) is 10.4. The zero-order chi connectivity index (χ0) is 15.2. The van der Waals surface area contributed by atoms with Crippen molar-refractivity contribution in [1.82, 2.24) is 30.2 Å². The van der Waals surface area contributed by atoms with E-state index in [1.807, 2.05) is 30.3 Å². The second-order valence-electron chi connectivity index (χ2n) is 4.14. The predicted octanol–water partition coefficient (Wildman–Crippen LogP) is 1.18. The van der Waals surface area contributed by atoms with Crippen LogP contribution in [-0.4, -0.2) is 41.8 Å². The van der Waals surface area contributed by atoms with Gasteiger partial charge >= 0.3 is 0 Å². The Morgan fingerprint density at radius 2 is 2.09 bits per heavy atom. The molecular formula is C13H11N7OS. The van der Waals surface area contributed by atoms with Crippen molar-refractivity contribution in [2.75, 3.05) is 11.1 Å². The molecule has 22 heavy (non-hydrogen) atoms. The molecule has 1 aromatic carbocycles. The first-order valence-electron chi connectivity index (χ1n) is 6.35. The quantitative estimate of drug-likeness (QED) is 0.706. The van der Waals surface area contributed by atoms with E-state index < -0.39 is 0 Å². The molecular weight excluding hydrogens is 302 g/mol. The molecule has 0 atom stereocenters. The van der Waals surface area contributed by atoms with Crippen LogP contribution in [0.5, 0.6) is 0 Å². The Labute approximate surface area is 130 Å². The molecule has 2 heterocycles. The van der Waals surface area contributed by atoms with E-state index in [0.29, 0.717) is 11.0 Å². The van der Waals surface area contributed by atoms with Gasteiger partial charge in [0.2, 0.25) is 11.1 Å². The number of benzene rings is 1. The summed E-state index contributed by atoms with van der Waals surface area (Å²) in [6.07, 6.45) is 4.54. The van der Waals surface area contributed by atoms with Crippen LogP contribution in [-0.2, 0) is 4.79 Å². The van der Waals surface area contributed by atoms with Crippen molar-refractivity contribution >= 4 is 23.5 Å². The third kappa shape index (κ3) is 3.44. The highest BCUT2D eigenvalue weighted by Gasteiger charge is 2.11. The highest BCUT2D eigenvalue weighted by atomic mass is 32.2. The first-order chi connectivity index (χ1) is 10.8. The maximum absolute atomic E-state index is 11.9. The molecule has 2 aromatic heterocycles. The number of amides is 1. The van der Waals surface area contributed by atoms with Gasteiger partial charge in [0.1, 0.15) is 0 Å². The lowest BCUT2D eigenvalue weighted by Crippen LogP contribution is -2.15. The molecule has 0 unspecified atom stereocenters. The summed E-state index contributed by atoms with van der Waals surface area (Å²) in [7, 11) is 0. The summed E-state index contributed by atoms with van der Waals surface area (Å²) in [5, 5.41) is 14.7. The molecule has 1 N–H and O–H groups in total. The van der Waals surface area contributed by atoms with Gasteiger partial charge in [0, 0.05) is 12.4 Å². The number of rotatable bonds is 5. The molecule has 0 spiro atoms. The Bertz CT molecular complexity index is 747. The topological polar surface area (TPSA) is 98.5 Å². The summed E-state index contributed by atoms with van der Waals surface area (Å²) in [6.45, 7) is 0. The van der Waals surface area contributed by atoms with Crippen LogP contribution >= 0.6 is 11.8 Å². The molecule has 0 radical (unpaired) electrons. The van der Waals surface area contributed by atoms with E-state index in [4.69, 9.17) is 0 Å². The van der Waals surface area contributed by atoms with Gasteiger partial charge in [0.05, 0.1) is 17.6 Å². The third-order valence-electron chi connectivity index (χ3n) is 2.60. The number of nitrogens with one attached hydrogen (secondary N) is 1. The van der Waals surface area contributed by atoms with E-state index in [-0.39, 0.29) is 11.7 Å². The molecule has 0 aliphatic heterocycles. The largest absolute Gasteiger partial charge is 0.309 e. The number of para-hydroxylation sites is 1. The number of thioether (sulfide) groups is 1. The number of tetrazole rings is 1. The SMILES string of the molecule is O=C(CSc1nnnn1-c1ccccc1)Nc1cnccn1. The van der Waals surface area contributed by atoms with E-state index in [2.05, 4.69) is 30.8 Å². The molecule has 0 fully saturated rings. The molecule has 3 rings (SSSR count). The highest BCUT2D eigenvalue weighted by Crippen LogP contribution is 2.17. The van der Waals surface area contributed by atoms with Gasteiger partial charge in [0.25, 0.3) is 0 Å². The molecule has 0 saturated heterocycles. The van der Waals surface area contributed by atoms with Crippen molar-refractivity contribution in [2.24, 2.45) is 0 Å². The zero-order valence-corrected chi connectivity index (χ0v) is 12.1. The van der Waals surface area contributed by atoms with E-state index in [1.54, 1.807) is 10.9 Å². The Morgan fingerprint density at radius 1 is 1.23 bits per heavy atom. The van der Waals surface area contributed by atoms with Gasteiger partial charge in [-0.15, -0.1) is 5.10 Å². The van der Waals surface area contributed by atoms with Crippen LogP contribution in [0.15, 0.2) is 54.1 Å². The average Bonchev–Trinajstić information content (AvgIpc) is 3.03. The van der Waals surface area contributed by atoms with Crippen molar-refractivity contribution in [2.45, 2.75) is 5.16 Å². The fraction of sp³-hybridized carbons (Fsp3) is 0.0769. The lowest BCUT2D eigenvalue weighted by atomic mass is 10.3. The van der Waals surface area contributed by atoms with Crippen molar-refractivity contribution in [3.05, 3.63) is 48.9 Å². The number of nitrogens with zero attached hydrogens (tertiary/aromatic N) is 6. The lowest BCUT2D eigenvalue weighted by Gasteiger charge is -2.04. The van der Waals surface area contributed by atoms with Crippen LogP contribution in [0.25, 0.3) is 5.69 Å². The summed E-state index contributed by atoms with van der Waals surface area (Å²) in [5.41, 5.74) is 0.837. The van der Waals surface area contributed by atoms with Gasteiger partial charge in [0.15, 0.2) is 5.82 Å². The van der Waals surface area contributed by atoms with E-state index in [1.165, 1.54) is 24.2 Å². The molecule has 1 amide bonds. The number of anilines is 1. The second-order valence-corrected chi connectivity index (χ2v) is 5.08. The van der Waals surface area contributed by atoms with Crippen LogP contribution < -0.4 is 5.32 Å². The molecule has 0 aliphatic carbocycles. The minimum atomic E-state index is -0.201. The predicted molar refractivity (Wildman–Crippen MR) is 80.5 cm³/mol. The summed E-state index contributed by atoms with van der Waals surface area (Å²) in [5.74, 6) is 0.382. The zero-order valence-electron chi connectivity index (χ0n) is 11.3. The van der Waals surface area contributed by atoms with Gasteiger partial charge in [-0.1, -0.05) is 30.0 Å². The van der Waals surface area contributed by atoms with Gasteiger partial charge in [-0.3, -0.25) is 9.78 Å².